The van der Waals surface area contributed by atoms with Gasteiger partial charge in [-0.25, -0.2) is 25.3 Å². The molecule has 0 aliphatic rings. The minimum Gasteiger partial charge on any atom is -0.873 e. The Morgan fingerprint density at radius 3 is 1.03 bits per heavy atom. The first-order chi connectivity index (χ1) is 14.1. The van der Waals surface area contributed by atoms with Gasteiger partial charge in [-0.15, -0.1) is 11.5 Å². The summed E-state index contributed by atoms with van der Waals surface area (Å²) in [7, 11) is -20.6. The van der Waals surface area contributed by atoms with Crippen molar-refractivity contribution in [3.05, 3.63) is 24.3 Å². The van der Waals surface area contributed by atoms with Crippen LogP contribution in [0.4, 0.5) is 0 Å². The fourth-order valence-electron chi connectivity index (χ4n) is 1.77. The van der Waals surface area contributed by atoms with Gasteiger partial charge in [0.05, 0.1) is 14.7 Å². The average molecular weight is 747 g/mol. The smallest absolute Gasteiger partial charge is 0.873 e. The molecule has 0 unspecified atom stereocenters. The van der Waals surface area contributed by atoms with E-state index in [0.717, 1.165) is 0 Å². The summed E-state index contributed by atoms with van der Waals surface area (Å²) in [6.07, 6.45) is 0. The quantitative estimate of drug-likeness (QED) is 0.224. The molecule has 0 aromatic heterocycles. The standard InChI is InChI=1S/2C6H6O8S2.4Na.Sb/c2*7-4-1-3(15(9,10)11)2-5(6(4)8)16(12,13)14;;;;;/h2*1-2,7-8H,(H,9,10,11)(H,12,13,14);;;;;/q;;4*+1;+3/p-7. The Balaban J connectivity index is -0.000000163. The normalized spacial score (nSPS) is 10.9. The summed E-state index contributed by atoms with van der Waals surface area (Å²) in [6.45, 7) is 0. The van der Waals surface area contributed by atoms with Crippen LogP contribution in [-0.2, 0) is 40.5 Å². The van der Waals surface area contributed by atoms with Gasteiger partial charge in [-0.3, -0.25) is 4.55 Å². The van der Waals surface area contributed by atoms with E-state index in [2.05, 4.69) is 0 Å². The van der Waals surface area contributed by atoms with Crippen molar-refractivity contribution in [1.82, 2.24) is 0 Å². The molecule has 0 atom stereocenters. The number of hydrogen-bond donors (Lipinski definition) is 1. The van der Waals surface area contributed by atoms with Crippen LogP contribution in [0, 0.1) is 0 Å². The topological polar surface area (TPSA) is 318 Å². The van der Waals surface area contributed by atoms with E-state index in [4.69, 9.17) is 4.55 Å². The Kier molecular flexibility index (Phi) is 23.6. The molecule has 0 spiro atoms. The van der Waals surface area contributed by atoms with Crippen LogP contribution < -0.4 is 139 Å². The number of rotatable bonds is 4. The first kappa shape index (κ1) is 48.8. The van der Waals surface area contributed by atoms with E-state index in [1.165, 1.54) is 0 Å². The summed E-state index contributed by atoms with van der Waals surface area (Å²) < 4.78 is 124. The van der Waals surface area contributed by atoms with E-state index in [-0.39, 0.29) is 167 Å². The van der Waals surface area contributed by atoms with Gasteiger partial charge in [0.25, 0.3) is 10.1 Å². The van der Waals surface area contributed by atoms with Crippen LogP contribution in [-0.4, -0.2) is 76.3 Å². The molecule has 25 heteroatoms. The van der Waals surface area contributed by atoms with Crippen LogP contribution in [0.3, 0.4) is 0 Å². The molecule has 0 bridgehead atoms. The second kappa shape index (κ2) is 17.9. The minimum absolute atomic E-state index is 0. The van der Waals surface area contributed by atoms with Gasteiger partial charge in [-0.2, -0.15) is 8.42 Å². The summed E-state index contributed by atoms with van der Waals surface area (Å²) in [5.41, 5.74) is 0. The van der Waals surface area contributed by atoms with E-state index >= 15 is 0 Å². The van der Waals surface area contributed by atoms with Crippen molar-refractivity contribution in [3.63, 3.8) is 0 Å². The van der Waals surface area contributed by atoms with Gasteiger partial charge < -0.3 is 34.1 Å². The summed E-state index contributed by atoms with van der Waals surface area (Å²) in [6, 6.07) is 0.578. The number of benzene rings is 2. The molecule has 2 aromatic carbocycles. The van der Waals surface area contributed by atoms with Crippen LogP contribution in [0.25, 0.3) is 0 Å². The third-order valence-corrected chi connectivity index (χ3v) is 6.44. The van der Waals surface area contributed by atoms with Gasteiger partial charge in [0.1, 0.15) is 30.4 Å². The van der Waals surface area contributed by atoms with Crippen molar-refractivity contribution < 1.29 is 191 Å². The zero-order valence-electron chi connectivity index (χ0n) is 19.0. The molecule has 2 aromatic rings. The molecule has 0 saturated carbocycles. The fourth-order valence-corrected chi connectivity index (χ4v) is 4.16. The maximum atomic E-state index is 10.9. The van der Waals surface area contributed by atoms with E-state index in [0.29, 0.717) is 0 Å². The molecule has 0 saturated heterocycles. The van der Waals surface area contributed by atoms with Crippen molar-refractivity contribution in [2.24, 2.45) is 0 Å². The first-order valence-electron chi connectivity index (χ1n) is 6.96. The summed E-state index contributed by atoms with van der Waals surface area (Å²) in [5.74, 6) is -6.33. The van der Waals surface area contributed by atoms with Gasteiger partial charge in [-0.1, -0.05) is 23.6 Å². The fraction of sp³-hybridized carbons (Fsp3) is 0. The first-order valence-corrected chi connectivity index (χ1v) is 12.6. The van der Waals surface area contributed by atoms with Gasteiger partial charge in [0.15, 0.2) is 0 Å². The van der Waals surface area contributed by atoms with Crippen LogP contribution in [0.2, 0.25) is 0 Å². The van der Waals surface area contributed by atoms with Crippen molar-refractivity contribution in [1.29, 1.82) is 0 Å². The molecular formula is C12H5Na4O16S4Sb. The van der Waals surface area contributed by atoms with E-state index in [1.54, 1.807) is 0 Å². The van der Waals surface area contributed by atoms with Crippen LogP contribution in [0.5, 0.6) is 23.0 Å². The number of hydrogen-bond acceptors (Lipinski definition) is 15. The van der Waals surface area contributed by atoms with E-state index in [1.807, 2.05) is 0 Å². The molecule has 37 heavy (non-hydrogen) atoms. The van der Waals surface area contributed by atoms with E-state index in [9.17, 15) is 67.8 Å². The molecule has 0 heterocycles. The maximum Gasteiger partial charge on any atom is 3.00 e. The molecular weight excluding hydrogens is 742 g/mol. The average Bonchev–Trinajstić information content (AvgIpc) is 2.56. The van der Waals surface area contributed by atoms with Gasteiger partial charge in [0.2, 0.25) is 0 Å². The molecule has 0 aliphatic heterocycles. The van der Waals surface area contributed by atoms with Crippen molar-refractivity contribution in [2.75, 3.05) is 0 Å². The Hall–Kier alpha value is 2.10. The molecule has 0 aliphatic carbocycles. The van der Waals surface area contributed by atoms with E-state index < -0.39 is 83.1 Å². The van der Waals surface area contributed by atoms with Crippen LogP contribution in [0.1, 0.15) is 0 Å². The molecule has 2 radical (unpaired) electrons. The molecule has 16 nitrogen and oxygen atoms in total. The summed E-state index contributed by atoms with van der Waals surface area (Å²) in [4.78, 5) is -5.40. The molecule has 0 fully saturated rings. The Labute approximate surface area is 316 Å². The third kappa shape index (κ3) is 14.7. The third-order valence-electron chi connectivity index (χ3n) is 3.11. The van der Waals surface area contributed by atoms with Gasteiger partial charge in [0, 0.05) is 4.90 Å². The second-order valence-electron chi connectivity index (χ2n) is 5.33. The van der Waals surface area contributed by atoms with Gasteiger partial charge in [-0.05, 0) is 12.1 Å². The Morgan fingerprint density at radius 2 is 0.784 bits per heavy atom. The molecule has 0 amide bonds. The van der Waals surface area contributed by atoms with Crippen LogP contribution >= 0.6 is 0 Å². The Morgan fingerprint density at radius 1 is 0.514 bits per heavy atom. The zero-order valence-corrected chi connectivity index (χ0v) is 32.8. The van der Waals surface area contributed by atoms with Crippen LogP contribution in [0.15, 0.2) is 43.8 Å². The molecule has 182 valence electrons. The Bertz CT molecular complexity index is 1390. The van der Waals surface area contributed by atoms with Crippen molar-refractivity contribution in [2.45, 2.75) is 19.6 Å². The SMILES string of the molecule is O=S(=O)([O-])c1cc([O-])c([O-])c(S(=O)(=O)O)c1.O=S(=O)([O-])c1cc([O-])c([O-])c(S(=O)(=O)[O-])c1.[Na+].[Na+].[Na+].[Na+].[Sb+3]. The maximum absolute atomic E-state index is 10.9. The molecule has 2 rings (SSSR count). The minimum atomic E-state index is -5.30. The van der Waals surface area contributed by atoms with Crippen molar-refractivity contribution >= 4 is 64.9 Å². The zero-order chi connectivity index (χ0) is 25.4. The molecule has 1 N–H and O–H groups in total. The summed E-state index contributed by atoms with van der Waals surface area (Å²) >= 11 is 0. The predicted octanol–water partition coefficient (Wildman–Crippen LogP) is -16.7. The largest absolute Gasteiger partial charge is 3.00 e. The van der Waals surface area contributed by atoms with Gasteiger partial charge >= 0.3 is 143 Å². The summed E-state index contributed by atoms with van der Waals surface area (Å²) in [5, 5.41) is 43.5. The monoisotopic (exact) mass is 746 g/mol. The second-order valence-corrected chi connectivity index (χ2v) is 10.8. The predicted molar refractivity (Wildman–Crippen MR) is 90.1 cm³/mol. The van der Waals surface area contributed by atoms with Crippen molar-refractivity contribution in [3.8, 4) is 23.0 Å².